The van der Waals surface area contributed by atoms with E-state index in [1.54, 1.807) is 24.3 Å². The second-order valence-electron chi connectivity index (χ2n) is 5.09. The molecule has 0 spiro atoms. The van der Waals surface area contributed by atoms with Gasteiger partial charge in [-0.05, 0) is 24.7 Å². The zero-order valence-electron chi connectivity index (χ0n) is 12.2. The number of nitrogens with two attached hydrogens (primary N) is 1. The van der Waals surface area contributed by atoms with Crippen molar-refractivity contribution in [1.29, 1.82) is 0 Å². The zero-order chi connectivity index (χ0) is 16.4. The summed E-state index contributed by atoms with van der Waals surface area (Å²) in [5, 5.41) is 0.174. The minimum absolute atomic E-state index is 0.0446. The lowest BCUT2D eigenvalue weighted by atomic mass is 10.1. The molecule has 0 aliphatic rings. The first kappa shape index (κ1) is 15.3. The van der Waals surface area contributed by atoms with E-state index < -0.39 is 6.43 Å². The van der Waals surface area contributed by atoms with Gasteiger partial charge in [0.15, 0.2) is 0 Å². The van der Waals surface area contributed by atoms with E-state index in [0.717, 1.165) is 0 Å². The molecule has 1 aromatic heterocycles. The highest BCUT2D eigenvalue weighted by Gasteiger charge is 2.18. The van der Waals surface area contributed by atoms with E-state index in [1.165, 1.54) is 22.8 Å². The molecule has 0 bridgehead atoms. The van der Waals surface area contributed by atoms with Crippen LogP contribution in [-0.2, 0) is 6.42 Å². The van der Waals surface area contributed by atoms with Crippen LogP contribution < -0.4 is 11.3 Å². The molecule has 0 aliphatic carbocycles. The smallest absolute Gasteiger partial charge is 0.265 e. The minimum Gasteiger partial charge on any atom is -0.330 e. The Morgan fingerprint density at radius 2 is 1.83 bits per heavy atom. The van der Waals surface area contributed by atoms with Gasteiger partial charge in [0.2, 0.25) is 0 Å². The van der Waals surface area contributed by atoms with Crippen LogP contribution in [0.15, 0.2) is 53.3 Å². The number of alkyl halides is 2. The Morgan fingerprint density at radius 3 is 2.48 bits per heavy atom. The summed E-state index contributed by atoms with van der Waals surface area (Å²) in [6.07, 6.45) is -2.37. The van der Waals surface area contributed by atoms with E-state index >= 15 is 0 Å². The Kier molecular flexibility index (Phi) is 4.16. The number of fused-ring (bicyclic) bond motifs is 1. The van der Waals surface area contributed by atoms with Crippen LogP contribution in [0.25, 0.3) is 16.6 Å². The molecule has 1 heterocycles. The summed E-state index contributed by atoms with van der Waals surface area (Å²) in [7, 11) is 0. The van der Waals surface area contributed by atoms with Crippen molar-refractivity contribution in [1.82, 2.24) is 9.55 Å². The number of hydrogen-bond donors (Lipinski definition) is 1. The molecule has 23 heavy (non-hydrogen) atoms. The number of nitrogens with zero attached hydrogens (tertiary/aromatic N) is 2. The van der Waals surface area contributed by atoms with E-state index in [1.807, 2.05) is 6.07 Å². The number of aromatic nitrogens is 2. The van der Waals surface area contributed by atoms with Crippen LogP contribution >= 0.6 is 0 Å². The van der Waals surface area contributed by atoms with Crippen molar-refractivity contribution in [2.45, 2.75) is 12.8 Å². The first-order chi connectivity index (χ1) is 11.1. The van der Waals surface area contributed by atoms with Gasteiger partial charge in [-0.1, -0.05) is 30.3 Å². The van der Waals surface area contributed by atoms with Crippen molar-refractivity contribution >= 4 is 10.9 Å². The van der Waals surface area contributed by atoms with Gasteiger partial charge < -0.3 is 5.73 Å². The highest BCUT2D eigenvalue weighted by molar-refractivity contribution is 5.81. The summed E-state index contributed by atoms with van der Waals surface area (Å²) in [4.78, 5) is 17.2. The molecule has 0 radical (unpaired) electrons. The molecular formula is C17H15F2N3O. The highest BCUT2D eigenvalue weighted by atomic mass is 19.3. The van der Waals surface area contributed by atoms with Crippen molar-refractivity contribution in [3.63, 3.8) is 0 Å². The molecule has 2 aromatic carbocycles. The van der Waals surface area contributed by atoms with Gasteiger partial charge in [-0.3, -0.25) is 9.36 Å². The van der Waals surface area contributed by atoms with Crippen molar-refractivity contribution in [3.05, 3.63) is 70.3 Å². The molecule has 0 unspecified atom stereocenters. The molecule has 0 aliphatic heterocycles. The summed E-state index contributed by atoms with van der Waals surface area (Å²) >= 11 is 0. The summed E-state index contributed by atoms with van der Waals surface area (Å²) in [6.45, 7) is 0.266. The molecule has 0 fully saturated rings. The maximum Gasteiger partial charge on any atom is 0.265 e. The Labute approximate surface area is 131 Å². The lowest BCUT2D eigenvalue weighted by Gasteiger charge is -2.14. The number of para-hydroxylation sites is 2. The van der Waals surface area contributed by atoms with E-state index in [2.05, 4.69) is 4.98 Å². The van der Waals surface area contributed by atoms with Gasteiger partial charge in [-0.2, -0.15) is 0 Å². The van der Waals surface area contributed by atoms with Gasteiger partial charge in [-0.15, -0.1) is 0 Å². The highest BCUT2D eigenvalue weighted by Crippen LogP contribution is 2.25. The van der Waals surface area contributed by atoms with Crippen LogP contribution in [-0.4, -0.2) is 16.1 Å². The first-order valence-electron chi connectivity index (χ1n) is 7.21. The molecule has 4 nitrogen and oxygen atoms in total. The van der Waals surface area contributed by atoms with Gasteiger partial charge in [0, 0.05) is 12.0 Å². The molecule has 0 saturated heterocycles. The zero-order valence-corrected chi connectivity index (χ0v) is 12.2. The fourth-order valence-corrected chi connectivity index (χ4v) is 2.59. The fourth-order valence-electron chi connectivity index (χ4n) is 2.59. The van der Waals surface area contributed by atoms with E-state index in [4.69, 9.17) is 5.73 Å². The Balaban J connectivity index is 2.39. The third kappa shape index (κ3) is 2.73. The van der Waals surface area contributed by atoms with Gasteiger partial charge in [0.05, 0.1) is 16.6 Å². The molecule has 6 heteroatoms. The summed E-state index contributed by atoms with van der Waals surface area (Å²) in [6, 6.07) is 13.2. The quantitative estimate of drug-likeness (QED) is 0.805. The summed E-state index contributed by atoms with van der Waals surface area (Å²) < 4.78 is 27.8. The third-order valence-electron chi connectivity index (χ3n) is 3.62. The molecule has 0 amide bonds. The maximum absolute atomic E-state index is 13.2. The number of benzene rings is 2. The molecule has 0 saturated carbocycles. The van der Waals surface area contributed by atoms with E-state index in [-0.39, 0.29) is 28.6 Å². The first-order valence-corrected chi connectivity index (χ1v) is 7.21. The Bertz CT molecular complexity index is 891. The van der Waals surface area contributed by atoms with Crippen molar-refractivity contribution in [2.75, 3.05) is 6.54 Å². The van der Waals surface area contributed by atoms with E-state index in [0.29, 0.717) is 17.9 Å². The second kappa shape index (κ2) is 6.26. The third-order valence-corrected chi connectivity index (χ3v) is 3.62. The predicted octanol–water partition coefficient (Wildman–Crippen LogP) is 2.82. The van der Waals surface area contributed by atoms with E-state index in [9.17, 15) is 13.6 Å². The molecule has 3 rings (SSSR count). The second-order valence-corrected chi connectivity index (χ2v) is 5.09. The predicted molar refractivity (Wildman–Crippen MR) is 85.1 cm³/mol. The minimum atomic E-state index is -2.69. The van der Waals surface area contributed by atoms with Crippen molar-refractivity contribution in [2.24, 2.45) is 5.73 Å². The number of rotatable bonds is 4. The van der Waals surface area contributed by atoms with Gasteiger partial charge in [0.25, 0.3) is 12.0 Å². The lowest BCUT2D eigenvalue weighted by molar-refractivity contribution is 0.153. The Hall–Kier alpha value is -2.60. The van der Waals surface area contributed by atoms with Gasteiger partial charge in [0.1, 0.15) is 5.82 Å². The van der Waals surface area contributed by atoms with Gasteiger partial charge >= 0.3 is 0 Å². The molecule has 3 aromatic rings. The van der Waals surface area contributed by atoms with Crippen molar-refractivity contribution < 1.29 is 8.78 Å². The topological polar surface area (TPSA) is 60.9 Å². The molecular weight excluding hydrogens is 300 g/mol. The number of hydrogen-bond acceptors (Lipinski definition) is 3. The summed E-state index contributed by atoms with van der Waals surface area (Å²) in [5.41, 5.74) is 5.67. The fraction of sp³-hybridized carbons (Fsp3) is 0.176. The van der Waals surface area contributed by atoms with Crippen LogP contribution in [0.1, 0.15) is 17.8 Å². The largest absolute Gasteiger partial charge is 0.330 e. The van der Waals surface area contributed by atoms with Crippen LogP contribution in [0.4, 0.5) is 8.78 Å². The number of halogens is 2. The average molecular weight is 315 g/mol. The van der Waals surface area contributed by atoms with Crippen molar-refractivity contribution in [3.8, 4) is 5.69 Å². The van der Waals surface area contributed by atoms with Gasteiger partial charge in [-0.25, -0.2) is 13.8 Å². The SMILES string of the molecule is NCCc1nc2c(C(F)F)cccc2c(=O)n1-c1ccccc1. The standard InChI is InChI=1S/C17H15F2N3O/c18-16(19)12-7-4-8-13-15(12)21-14(9-10-20)22(17(13)23)11-5-2-1-3-6-11/h1-8,16H,9-10,20H2. The molecule has 0 atom stereocenters. The monoisotopic (exact) mass is 315 g/mol. The normalized spacial score (nSPS) is 11.3. The van der Waals surface area contributed by atoms with Crippen LogP contribution in [0.5, 0.6) is 0 Å². The average Bonchev–Trinajstić information content (AvgIpc) is 2.55. The summed E-state index contributed by atoms with van der Waals surface area (Å²) in [5.74, 6) is 0.379. The van der Waals surface area contributed by atoms with Crippen LogP contribution in [0.3, 0.4) is 0 Å². The van der Waals surface area contributed by atoms with Crippen LogP contribution in [0, 0.1) is 0 Å². The Morgan fingerprint density at radius 1 is 1.09 bits per heavy atom. The maximum atomic E-state index is 13.2. The van der Waals surface area contributed by atoms with Crippen LogP contribution in [0.2, 0.25) is 0 Å². The molecule has 2 N–H and O–H groups in total. The molecule has 118 valence electrons. The lowest BCUT2D eigenvalue weighted by Crippen LogP contribution is -2.25.